The van der Waals surface area contributed by atoms with Crippen molar-refractivity contribution >= 4 is 17.7 Å². The van der Waals surface area contributed by atoms with Crippen molar-refractivity contribution in [2.24, 2.45) is 0 Å². The molecule has 0 fully saturated rings. The van der Waals surface area contributed by atoms with E-state index in [0.717, 1.165) is 5.69 Å². The van der Waals surface area contributed by atoms with E-state index in [1.54, 1.807) is 17.7 Å². The van der Waals surface area contributed by atoms with E-state index < -0.39 is 0 Å². The van der Waals surface area contributed by atoms with Gasteiger partial charge in [-0.25, -0.2) is 4.98 Å². The molecule has 0 saturated heterocycles. The number of carbonyl (C=O) groups excluding carboxylic acids is 1. The smallest absolute Gasteiger partial charge is 0.254 e. The van der Waals surface area contributed by atoms with E-state index in [4.69, 9.17) is 0 Å². The number of fused-ring (bicyclic) bond motifs is 1. The fraction of sp³-hybridized carbons (Fsp3) is 0.333. The number of nitrogens with one attached hydrogen (secondary N) is 1. The van der Waals surface area contributed by atoms with Gasteiger partial charge in [-0.2, -0.15) is 0 Å². The zero-order valence-corrected chi connectivity index (χ0v) is 13.0. The fourth-order valence-electron chi connectivity index (χ4n) is 2.39. The maximum absolute atomic E-state index is 12.1. The molecular weight excluding hydrogens is 300 g/mol. The van der Waals surface area contributed by atoms with Gasteiger partial charge in [0.1, 0.15) is 0 Å². The molecule has 22 heavy (non-hydrogen) atoms. The number of carbonyl (C=O) groups is 1. The molecule has 2 aromatic rings. The van der Waals surface area contributed by atoms with Crippen LogP contribution in [0.25, 0.3) is 0 Å². The van der Waals surface area contributed by atoms with E-state index in [1.807, 2.05) is 18.2 Å². The molecule has 6 nitrogen and oxygen atoms in total. The quantitative estimate of drug-likeness (QED) is 0.860. The highest BCUT2D eigenvalue weighted by molar-refractivity contribution is 7.99. The standard InChI is InChI=1S/C15H16N4O2S/c1-10-6-14(21)19-12(9-22-15(19)18-10)7-13(20)17-8-11-4-2-3-5-16-11/h2-6,12H,7-9H2,1H3,(H,17,20). The molecule has 1 unspecified atom stereocenters. The molecule has 1 atom stereocenters. The number of rotatable bonds is 4. The van der Waals surface area contributed by atoms with E-state index in [1.165, 1.54) is 17.8 Å². The molecule has 0 aliphatic carbocycles. The Bertz CT molecular complexity index is 745. The van der Waals surface area contributed by atoms with Crippen LogP contribution in [0.5, 0.6) is 0 Å². The number of thioether (sulfide) groups is 1. The summed E-state index contributed by atoms with van der Waals surface area (Å²) in [5, 5.41) is 3.54. The predicted molar refractivity (Wildman–Crippen MR) is 83.7 cm³/mol. The van der Waals surface area contributed by atoms with Gasteiger partial charge in [-0.3, -0.25) is 19.1 Å². The van der Waals surface area contributed by atoms with Gasteiger partial charge in [-0.15, -0.1) is 0 Å². The van der Waals surface area contributed by atoms with E-state index in [-0.39, 0.29) is 23.9 Å². The lowest BCUT2D eigenvalue weighted by Crippen LogP contribution is -2.30. The molecule has 0 saturated carbocycles. The second-order valence-electron chi connectivity index (χ2n) is 5.16. The van der Waals surface area contributed by atoms with E-state index in [2.05, 4.69) is 15.3 Å². The molecule has 1 N–H and O–H groups in total. The number of nitrogens with zero attached hydrogens (tertiary/aromatic N) is 3. The molecule has 1 aliphatic heterocycles. The van der Waals surface area contributed by atoms with Crippen molar-refractivity contribution in [3.8, 4) is 0 Å². The van der Waals surface area contributed by atoms with Crippen LogP contribution < -0.4 is 10.9 Å². The summed E-state index contributed by atoms with van der Waals surface area (Å²) in [5.74, 6) is 0.611. The van der Waals surface area contributed by atoms with Crippen molar-refractivity contribution in [1.29, 1.82) is 0 Å². The minimum Gasteiger partial charge on any atom is -0.350 e. The lowest BCUT2D eigenvalue weighted by molar-refractivity contribution is -0.121. The molecule has 0 radical (unpaired) electrons. The number of amides is 1. The van der Waals surface area contributed by atoms with Crippen LogP contribution in [0.3, 0.4) is 0 Å². The third-order valence-corrected chi connectivity index (χ3v) is 4.53. The number of aryl methyl sites for hydroxylation is 1. The van der Waals surface area contributed by atoms with Crippen molar-refractivity contribution in [2.45, 2.75) is 31.1 Å². The summed E-state index contributed by atoms with van der Waals surface area (Å²) in [7, 11) is 0. The zero-order valence-electron chi connectivity index (χ0n) is 12.2. The normalized spacial score (nSPS) is 16.3. The first-order valence-corrected chi connectivity index (χ1v) is 8.01. The Labute approximate surface area is 132 Å². The van der Waals surface area contributed by atoms with Crippen LogP contribution in [0.2, 0.25) is 0 Å². The number of hydrogen-bond donors (Lipinski definition) is 1. The molecular formula is C15H16N4O2S. The average Bonchev–Trinajstić information content (AvgIpc) is 2.89. The topological polar surface area (TPSA) is 76.9 Å². The van der Waals surface area contributed by atoms with Gasteiger partial charge in [0.25, 0.3) is 5.56 Å². The maximum Gasteiger partial charge on any atom is 0.254 e. The molecule has 0 spiro atoms. The van der Waals surface area contributed by atoms with E-state index in [0.29, 0.717) is 23.1 Å². The van der Waals surface area contributed by atoms with Crippen LogP contribution in [0.15, 0.2) is 40.4 Å². The van der Waals surface area contributed by atoms with Crippen LogP contribution in [0.1, 0.15) is 23.9 Å². The fourth-order valence-corrected chi connectivity index (χ4v) is 3.59. The monoisotopic (exact) mass is 316 g/mol. The molecule has 0 aromatic carbocycles. The summed E-state index contributed by atoms with van der Waals surface area (Å²) in [4.78, 5) is 32.7. The molecule has 114 valence electrons. The first kappa shape index (κ1) is 14.8. The Morgan fingerprint density at radius 2 is 2.36 bits per heavy atom. The Morgan fingerprint density at radius 3 is 3.14 bits per heavy atom. The third-order valence-electron chi connectivity index (χ3n) is 3.43. The van der Waals surface area contributed by atoms with Gasteiger partial charge in [0, 0.05) is 30.1 Å². The van der Waals surface area contributed by atoms with Crippen LogP contribution >= 0.6 is 11.8 Å². The van der Waals surface area contributed by atoms with E-state index >= 15 is 0 Å². The first-order valence-electron chi connectivity index (χ1n) is 7.03. The van der Waals surface area contributed by atoms with Gasteiger partial charge in [-0.05, 0) is 19.1 Å². The number of hydrogen-bond acceptors (Lipinski definition) is 5. The summed E-state index contributed by atoms with van der Waals surface area (Å²) in [6.07, 6.45) is 1.97. The Hall–Kier alpha value is -2.15. The first-order chi connectivity index (χ1) is 10.6. The van der Waals surface area contributed by atoms with Crippen LogP contribution in [0, 0.1) is 6.92 Å². The zero-order chi connectivity index (χ0) is 15.5. The SMILES string of the molecule is Cc1cc(=O)n2c(n1)SCC2CC(=O)NCc1ccccn1. The molecule has 0 bridgehead atoms. The molecule has 1 aliphatic rings. The van der Waals surface area contributed by atoms with Gasteiger partial charge >= 0.3 is 0 Å². The Morgan fingerprint density at radius 1 is 1.50 bits per heavy atom. The van der Waals surface area contributed by atoms with Gasteiger partial charge in [0.15, 0.2) is 5.16 Å². The van der Waals surface area contributed by atoms with Gasteiger partial charge in [-0.1, -0.05) is 17.8 Å². The Balaban J connectivity index is 1.64. The predicted octanol–water partition coefficient (Wildman–Crippen LogP) is 1.30. The average molecular weight is 316 g/mol. The van der Waals surface area contributed by atoms with Crippen molar-refractivity contribution < 1.29 is 4.79 Å². The second-order valence-corrected chi connectivity index (χ2v) is 6.14. The number of aromatic nitrogens is 3. The van der Waals surface area contributed by atoms with Crippen LogP contribution in [0.4, 0.5) is 0 Å². The molecule has 1 amide bonds. The van der Waals surface area contributed by atoms with Crippen molar-refractivity contribution in [3.63, 3.8) is 0 Å². The van der Waals surface area contributed by atoms with Gasteiger partial charge in [0.05, 0.1) is 18.3 Å². The van der Waals surface area contributed by atoms with E-state index in [9.17, 15) is 9.59 Å². The second kappa shape index (κ2) is 6.31. The molecule has 7 heteroatoms. The lowest BCUT2D eigenvalue weighted by atomic mass is 10.2. The third kappa shape index (κ3) is 3.19. The summed E-state index contributed by atoms with van der Waals surface area (Å²) in [5.41, 5.74) is 1.44. The summed E-state index contributed by atoms with van der Waals surface area (Å²) in [6, 6.07) is 6.95. The minimum absolute atomic E-state index is 0.0865. The van der Waals surface area contributed by atoms with Crippen molar-refractivity contribution in [2.75, 3.05) is 5.75 Å². The molecule has 3 rings (SSSR count). The largest absolute Gasteiger partial charge is 0.350 e. The summed E-state index contributed by atoms with van der Waals surface area (Å²) >= 11 is 1.52. The molecule has 3 heterocycles. The Kier molecular flexibility index (Phi) is 4.24. The highest BCUT2D eigenvalue weighted by Crippen LogP contribution is 2.31. The van der Waals surface area contributed by atoms with Gasteiger partial charge in [0.2, 0.25) is 5.91 Å². The maximum atomic E-state index is 12.1. The minimum atomic E-state index is -0.135. The highest BCUT2D eigenvalue weighted by Gasteiger charge is 2.27. The van der Waals surface area contributed by atoms with Crippen molar-refractivity contribution in [1.82, 2.24) is 19.9 Å². The number of pyridine rings is 1. The lowest BCUT2D eigenvalue weighted by Gasteiger charge is -2.13. The highest BCUT2D eigenvalue weighted by atomic mass is 32.2. The van der Waals surface area contributed by atoms with Gasteiger partial charge < -0.3 is 5.32 Å². The van der Waals surface area contributed by atoms with Crippen LogP contribution in [-0.4, -0.2) is 26.2 Å². The molecule has 2 aromatic heterocycles. The summed E-state index contributed by atoms with van der Waals surface area (Å²) < 4.78 is 1.62. The van der Waals surface area contributed by atoms with Crippen LogP contribution in [-0.2, 0) is 11.3 Å². The summed E-state index contributed by atoms with van der Waals surface area (Å²) in [6.45, 7) is 2.20. The van der Waals surface area contributed by atoms with Crippen molar-refractivity contribution in [3.05, 3.63) is 52.2 Å².